The molecule has 0 aliphatic heterocycles. The Morgan fingerprint density at radius 1 is 0.895 bits per heavy atom. The van der Waals surface area contributed by atoms with Crippen LogP contribution in [0.3, 0.4) is 0 Å². The van der Waals surface area contributed by atoms with Gasteiger partial charge in [-0.2, -0.15) is 10.2 Å². The zero-order valence-corrected chi connectivity index (χ0v) is 22.0. The number of rotatable bonds is 6. The number of carbonyl (C=O) groups is 2. The number of aromatic nitrogens is 2. The SMILES string of the molecule is COC(=O)c1ccc(C(=O)NN=C(c2ccccc2)c2nn(C)c(-c3ccc(C(C)(C)C)cc3)c2O)cc1. The fraction of sp³-hybridized carbons (Fsp3) is 0.200. The zero-order chi connectivity index (χ0) is 27.4. The minimum Gasteiger partial charge on any atom is -0.504 e. The van der Waals surface area contributed by atoms with Crippen LogP contribution in [0.5, 0.6) is 5.75 Å². The molecule has 3 aromatic carbocycles. The second-order valence-electron chi connectivity index (χ2n) is 9.83. The van der Waals surface area contributed by atoms with Gasteiger partial charge in [-0.05, 0) is 35.2 Å². The first-order chi connectivity index (χ1) is 18.1. The van der Waals surface area contributed by atoms with E-state index in [-0.39, 0.29) is 16.9 Å². The quantitative estimate of drug-likeness (QED) is 0.214. The molecule has 0 radical (unpaired) electrons. The van der Waals surface area contributed by atoms with Crippen LogP contribution in [-0.2, 0) is 17.2 Å². The molecule has 194 valence electrons. The van der Waals surface area contributed by atoms with Crippen LogP contribution in [0.1, 0.15) is 58.3 Å². The Labute approximate surface area is 221 Å². The number of methoxy groups -OCH3 is 1. The van der Waals surface area contributed by atoms with Gasteiger partial charge in [0.15, 0.2) is 11.4 Å². The van der Waals surface area contributed by atoms with E-state index in [1.807, 2.05) is 54.6 Å². The maximum atomic E-state index is 12.8. The van der Waals surface area contributed by atoms with Crippen molar-refractivity contribution in [2.75, 3.05) is 7.11 Å². The van der Waals surface area contributed by atoms with Crippen molar-refractivity contribution in [1.82, 2.24) is 15.2 Å². The normalized spacial score (nSPS) is 11.8. The first-order valence-corrected chi connectivity index (χ1v) is 12.1. The molecule has 0 atom stereocenters. The summed E-state index contributed by atoms with van der Waals surface area (Å²) >= 11 is 0. The smallest absolute Gasteiger partial charge is 0.337 e. The summed E-state index contributed by atoms with van der Waals surface area (Å²) in [5.41, 5.74) is 6.91. The van der Waals surface area contributed by atoms with Crippen LogP contribution < -0.4 is 5.43 Å². The van der Waals surface area contributed by atoms with E-state index >= 15 is 0 Å². The monoisotopic (exact) mass is 510 g/mol. The molecule has 0 saturated heterocycles. The molecular formula is C30H30N4O4. The minimum absolute atomic E-state index is 0.00314. The molecule has 4 rings (SSSR count). The van der Waals surface area contributed by atoms with E-state index in [4.69, 9.17) is 4.74 Å². The van der Waals surface area contributed by atoms with Crippen molar-refractivity contribution >= 4 is 17.6 Å². The molecule has 1 aromatic heterocycles. The number of nitrogens with one attached hydrogen (secondary N) is 1. The van der Waals surface area contributed by atoms with Crippen LogP contribution in [0, 0.1) is 0 Å². The second kappa shape index (κ2) is 10.7. The lowest BCUT2D eigenvalue weighted by atomic mass is 9.86. The van der Waals surface area contributed by atoms with Crippen LogP contribution in [0.25, 0.3) is 11.3 Å². The van der Waals surface area contributed by atoms with Gasteiger partial charge in [0.2, 0.25) is 0 Å². The summed E-state index contributed by atoms with van der Waals surface area (Å²) < 4.78 is 6.29. The molecule has 38 heavy (non-hydrogen) atoms. The van der Waals surface area contributed by atoms with E-state index in [0.29, 0.717) is 28.1 Å². The molecule has 0 saturated carbocycles. The Kier molecular flexibility index (Phi) is 7.43. The number of carbonyl (C=O) groups excluding carboxylic acids is 2. The lowest BCUT2D eigenvalue weighted by Gasteiger charge is -2.19. The van der Waals surface area contributed by atoms with Gasteiger partial charge in [0, 0.05) is 23.7 Å². The Morgan fingerprint density at radius 3 is 2.08 bits per heavy atom. The second-order valence-corrected chi connectivity index (χ2v) is 9.83. The van der Waals surface area contributed by atoms with E-state index in [1.54, 1.807) is 11.7 Å². The number of esters is 1. The summed E-state index contributed by atoms with van der Waals surface area (Å²) in [6.45, 7) is 6.43. The van der Waals surface area contributed by atoms with Crippen LogP contribution in [-0.4, -0.2) is 39.6 Å². The summed E-state index contributed by atoms with van der Waals surface area (Å²) in [5.74, 6) is -1.02. The number of ether oxygens (including phenoxy) is 1. The highest BCUT2D eigenvalue weighted by molar-refractivity contribution is 6.14. The Hall–Kier alpha value is -4.72. The molecule has 8 heteroatoms. The van der Waals surface area contributed by atoms with E-state index in [9.17, 15) is 14.7 Å². The van der Waals surface area contributed by atoms with Crippen LogP contribution in [0.4, 0.5) is 0 Å². The number of aromatic hydroxyl groups is 1. The Bertz CT molecular complexity index is 1480. The van der Waals surface area contributed by atoms with Crippen LogP contribution in [0.15, 0.2) is 84.0 Å². The van der Waals surface area contributed by atoms with Gasteiger partial charge in [0.1, 0.15) is 11.4 Å². The first kappa shape index (κ1) is 26.3. The number of hydrogen-bond acceptors (Lipinski definition) is 6. The number of nitrogens with zero attached hydrogens (tertiary/aromatic N) is 3. The van der Waals surface area contributed by atoms with E-state index in [0.717, 1.165) is 5.56 Å². The third kappa shape index (κ3) is 5.49. The van der Waals surface area contributed by atoms with Gasteiger partial charge >= 0.3 is 5.97 Å². The first-order valence-electron chi connectivity index (χ1n) is 12.1. The van der Waals surface area contributed by atoms with Gasteiger partial charge in [0.05, 0.1) is 12.7 Å². The average Bonchev–Trinajstić information content (AvgIpc) is 3.21. The topological polar surface area (TPSA) is 106 Å². The van der Waals surface area contributed by atoms with Gasteiger partial charge in [-0.3, -0.25) is 9.48 Å². The van der Waals surface area contributed by atoms with Gasteiger partial charge in [-0.15, -0.1) is 0 Å². The molecule has 0 unspecified atom stereocenters. The molecule has 2 N–H and O–H groups in total. The van der Waals surface area contributed by atoms with Crippen molar-refractivity contribution in [3.05, 3.63) is 107 Å². The fourth-order valence-electron chi connectivity index (χ4n) is 4.02. The maximum Gasteiger partial charge on any atom is 0.337 e. The number of aryl methyl sites for hydroxylation is 1. The number of benzene rings is 3. The minimum atomic E-state index is -0.490. The zero-order valence-electron chi connectivity index (χ0n) is 22.0. The van der Waals surface area contributed by atoms with E-state index in [2.05, 4.69) is 36.4 Å². The highest BCUT2D eigenvalue weighted by atomic mass is 16.5. The number of hydrazone groups is 1. The van der Waals surface area contributed by atoms with Crippen molar-refractivity contribution in [3.8, 4) is 17.0 Å². The highest BCUT2D eigenvalue weighted by Crippen LogP contribution is 2.34. The van der Waals surface area contributed by atoms with Crippen molar-refractivity contribution < 1.29 is 19.4 Å². The van der Waals surface area contributed by atoms with Crippen LogP contribution in [0.2, 0.25) is 0 Å². The molecule has 8 nitrogen and oxygen atoms in total. The Balaban J connectivity index is 1.70. The summed E-state index contributed by atoms with van der Waals surface area (Å²) in [6.07, 6.45) is 0. The van der Waals surface area contributed by atoms with Gasteiger partial charge in [-0.25, -0.2) is 10.2 Å². The molecule has 0 spiro atoms. The maximum absolute atomic E-state index is 12.8. The van der Waals surface area contributed by atoms with Crippen LogP contribution >= 0.6 is 0 Å². The van der Waals surface area contributed by atoms with Crippen molar-refractivity contribution in [1.29, 1.82) is 0 Å². The fourth-order valence-corrected chi connectivity index (χ4v) is 4.02. The highest BCUT2D eigenvalue weighted by Gasteiger charge is 2.23. The molecule has 1 amide bonds. The lowest BCUT2D eigenvalue weighted by Crippen LogP contribution is -2.21. The van der Waals surface area contributed by atoms with Crippen molar-refractivity contribution in [2.24, 2.45) is 12.1 Å². The van der Waals surface area contributed by atoms with Gasteiger partial charge in [-0.1, -0.05) is 75.4 Å². The predicted octanol–water partition coefficient (Wildman–Crippen LogP) is 5.06. The Morgan fingerprint density at radius 2 is 1.50 bits per heavy atom. The average molecular weight is 511 g/mol. The molecular weight excluding hydrogens is 480 g/mol. The van der Waals surface area contributed by atoms with Crippen molar-refractivity contribution in [2.45, 2.75) is 26.2 Å². The largest absolute Gasteiger partial charge is 0.504 e. The summed E-state index contributed by atoms with van der Waals surface area (Å²) in [7, 11) is 3.04. The lowest BCUT2D eigenvalue weighted by molar-refractivity contribution is 0.0600. The van der Waals surface area contributed by atoms with E-state index in [1.165, 1.54) is 36.9 Å². The third-order valence-electron chi connectivity index (χ3n) is 6.16. The standard InChI is InChI=1S/C30H30N4O4/c1-30(2,3)23-17-15-20(16-18-23)26-27(35)25(33-34(26)4)24(19-9-7-6-8-10-19)31-32-28(36)21-11-13-22(14-12-21)29(37)38-5/h6-18,35H,1-5H3,(H,32,36). The number of amides is 1. The summed E-state index contributed by atoms with van der Waals surface area (Å²) in [6, 6.07) is 23.2. The van der Waals surface area contributed by atoms with Gasteiger partial charge in [0.25, 0.3) is 5.91 Å². The van der Waals surface area contributed by atoms with Crippen molar-refractivity contribution in [3.63, 3.8) is 0 Å². The molecule has 1 heterocycles. The molecule has 0 bridgehead atoms. The molecule has 0 fully saturated rings. The summed E-state index contributed by atoms with van der Waals surface area (Å²) in [5, 5.41) is 20.2. The number of hydrogen-bond donors (Lipinski definition) is 2. The molecule has 0 aliphatic carbocycles. The molecule has 4 aromatic rings. The van der Waals surface area contributed by atoms with Gasteiger partial charge < -0.3 is 9.84 Å². The predicted molar refractivity (Wildman–Crippen MR) is 146 cm³/mol. The third-order valence-corrected chi connectivity index (χ3v) is 6.16. The van der Waals surface area contributed by atoms with E-state index < -0.39 is 11.9 Å². The molecule has 0 aliphatic rings. The summed E-state index contributed by atoms with van der Waals surface area (Å²) in [4.78, 5) is 24.5.